The largest absolute Gasteiger partial charge is 0.342 e. The van der Waals surface area contributed by atoms with E-state index in [9.17, 15) is 4.79 Å². The molecular weight excluding hydrogens is 236 g/mol. The van der Waals surface area contributed by atoms with Gasteiger partial charge in [-0.3, -0.25) is 4.79 Å². The van der Waals surface area contributed by atoms with Crippen molar-refractivity contribution in [3.63, 3.8) is 0 Å². The number of hydrogen-bond donors (Lipinski definition) is 1. The molecule has 3 nitrogen and oxygen atoms in total. The Kier molecular flexibility index (Phi) is 7.44. The van der Waals surface area contributed by atoms with Crippen LogP contribution >= 0.6 is 0 Å². The maximum Gasteiger partial charge on any atom is 0.239 e. The van der Waals surface area contributed by atoms with Crippen LogP contribution in [0, 0.1) is 11.8 Å². The molecule has 1 rings (SSSR count). The first-order valence-corrected chi connectivity index (χ1v) is 8.10. The highest BCUT2D eigenvalue weighted by atomic mass is 16.2. The van der Waals surface area contributed by atoms with Crippen LogP contribution in [0.3, 0.4) is 0 Å². The molecule has 0 spiro atoms. The lowest BCUT2D eigenvalue weighted by atomic mass is 9.87. The summed E-state index contributed by atoms with van der Waals surface area (Å²) in [5.41, 5.74) is 0. The van der Waals surface area contributed by atoms with Crippen molar-refractivity contribution in [2.24, 2.45) is 11.8 Å². The van der Waals surface area contributed by atoms with Gasteiger partial charge < -0.3 is 10.2 Å². The van der Waals surface area contributed by atoms with Crippen molar-refractivity contribution in [3.05, 3.63) is 0 Å². The number of carbonyl (C=O) groups is 1. The summed E-state index contributed by atoms with van der Waals surface area (Å²) < 4.78 is 0. The van der Waals surface area contributed by atoms with E-state index in [0.717, 1.165) is 37.9 Å². The van der Waals surface area contributed by atoms with E-state index in [2.05, 4.69) is 33.0 Å². The topological polar surface area (TPSA) is 32.3 Å². The third-order valence-electron chi connectivity index (χ3n) is 4.28. The molecule has 0 aromatic rings. The lowest BCUT2D eigenvalue weighted by molar-refractivity contribution is -0.134. The lowest BCUT2D eigenvalue weighted by Crippen LogP contribution is -2.50. The van der Waals surface area contributed by atoms with Gasteiger partial charge in [-0.25, -0.2) is 0 Å². The van der Waals surface area contributed by atoms with Gasteiger partial charge in [0.05, 0.1) is 6.04 Å². The summed E-state index contributed by atoms with van der Waals surface area (Å²) in [6.45, 7) is 11.3. The summed E-state index contributed by atoms with van der Waals surface area (Å²) in [7, 11) is 0. The third kappa shape index (κ3) is 5.52. The Hall–Kier alpha value is -0.570. The summed E-state index contributed by atoms with van der Waals surface area (Å²) in [4.78, 5) is 14.3. The molecule has 3 heteroatoms. The van der Waals surface area contributed by atoms with Gasteiger partial charge in [0.25, 0.3) is 0 Å². The molecule has 2 unspecified atom stereocenters. The van der Waals surface area contributed by atoms with Crippen molar-refractivity contribution in [1.29, 1.82) is 0 Å². The molecule has 0 saturated carbocycles. The molecule has 1 aliphatic rings. The smallest absolute Gasteiger partial charge is 0.239 e. The maximum absolute atomic E-state index is 12.4. The summed E-state index contributed by atoms with van der Waals surface area (Å²) in [6.07, 6.45) is 6.20. The molecule has 1 N–H and O–H groups in total. The average molecular weight is 268 g/mol. The average Bonchev–Trinajstić information content (AvgIpc) is 2.40. The van der Waals surface area contributed by atoms with Crippen LogP contribution in [-0.4, -0.2) is 36.5 Å². The molecule has 1 fully saturated rings. The van der Waals surface area contributed by atoms with E-state index >= 15 is 0 Å². The standard InChI is InChI=1S/C16H32N2O/c1-5-18(6-2)16(19)15-12-14(10-11-17-15)9-7-8-13(3)4/h13-15,17H,5-12H2,1-4H3. The van der Waals surface area contributed by atoms with E-state index in [4.69, 9.17) is 0 Å². The predicted molar refractivity (Wildman–Crippen MR) is 81.1 cm³/mol. The molecule has 112 valence electrons. The molecule has 0 aromatic carbocycles. The Bertz CT molecular complexity index is 261. The molecule has 0 radical (unpaired) electrons. The zero-order valence-electron chi connectivity index (χ0n) is 13.2. The molecule has 1 amide bonds. The fourth-order valence-corrected chi connectivity index (χ4v) is 3.02. The first-order chi connectivity index (χ1) is 9.08. The first-order valence-electron chi connectivity index (χ1n) is 8.10. The van der Waals surface area contributed by atoms with Crippen molar-refractivity contribution in [1.82, 2.24) is 10.2 Å². The zero-order valence-corrected chi connectivity index (χ0v) is 13.2. The quantitative estimate of drug-likeness (QED) is 0.769. The molecule has 0 aromatic heterocycles. The van der Waals surface area contributed by atoms with Crippen LogP contribution in [0.2, 0.25) is 0 Å². The highest BCUT2D eigenvalue weighted by Crippen LogP contribution is 2.24. The number of rotatable bonds is 7. The second-order valence-electron chi connectivity index (χ2n) is 6.23. The molecule has 1 heterocycles. The molecule has 1 aliphatic heterocycles. The zero-order chi connectivity index (χ0) is 14.3. The van der Waals surface area contributed by atoms with E-state index < -0.39 is 0 Å². The van der Waals surface area contributed by atoms with Crippen LogP contribution in [0.25, 0.3) is 0 Å². The van der Waals surface area contributed by atoms with Crippen LogP contribution in [0.5, 0.6) is 0 Å². The number of likely N-dealkylation sites (N-methyl/N-ethyl adjacent to an activating group) is 1. The molecule has 0 aliphatic carbocycles. The molecule has 19 heavy (non-hydrogen) atoms. The third-order valence-corrected chi connectivity index (χ3v) is 4.28. The van der Waals surface area contributed by atoms with Gasteiger partial charge in [-0.2, -0.15) is 0 Å². The summed E-state index contributed by atoms with van der Waals surface area (Å²) >= 11 is 0. The number of piperidine rings is 1. The normalized spacial score (nSPS) is 23.6. The summed E-state index contributed by atoms with van der Waals surface area (Å²) in [5.74, 6) is 1.85. The number of carbonyl (C=O) groups excluding carboxylic acids is 1. The Labute approximate surface area is 119 Å². The van der Waals surface area contributed by atoms with Crippen molar-refractivity contribution in [2.45, 2.75) is 65.8 Å². The van der Waals surface area contributed by atoms with Gasteiger partial charge in [-0.05, 0) is 45.1 Å². The van der Waals surface area contributed by atoms with Crippen molar-refractivity contribution in [3.8, 4) is 0 Å². The molecule has 1 saturated heterocycles. The second kappa shape index (κ2) is 8.57. The van der Waals surface area contributed by atoms with Gasteiger partial charge >= 0.3 is 0 Å². The number of amides is 1. The van der Waals surface area contributed by atoms with Gasteiger partial charge in [0.15, 0.2) is 0 Å². The fourth-order valence-electron chi connectivity index (χ4n) is 3.02. The van der Waals surface area contributed by atoms with Crippen LogP contribution in [0.1, 0.15) is 59.8 Å². The van der Waals surface area contributed by atoms with Crippen molar-refractivity contribution in [2.75, 3.05) is 19.6 Å². The van der Waals surface area contributed by atoms with E-state index in [1.807, 2.05) is 4.90 Å². The lowest BCUT2D eigenvalue weighted by Gasteiger charge is -2.33. The van der Waals surface area contributed by atoms with Gasteiger partial charge in [0.1, 0.15) is 0 Å². The van der Waals surface area contributed by atoms with Crippen LogP contribution < -0.4 is 5.32 Å². The Morgan fingerprint density at radius 3 is 2.58 bits per heavy atom. The Morgan fingerprint density at radius 1 is 1.32 bits per heavy atom. The van der Waals surface area contributed by atoms with Crippen LogP contribution in [-0.2, 0) is 4.79 Å². The van der Waals surface area contributed by atoms with Gasteiger partial charge in [-0.15, -0.1) is 0 Å². The fraction of sp³-hybridized carbons (Fsp3) is 0.938. The first kappa shape index (κ1) is 16.5. The highest BCUT2D eigenvalue weighted by Gasteiger charge is 2.28. The number of nitrogens with one attached hydrogen (secondary N) is 1. The molecule has 0 bridgehead atoms. The Balaban J connectivity index is 2.38. The van der Waals surface area contributed by atoms with Crippen LogP contribution in [0.15, 0.2) is 0 Å². The van der Waals surface area contributed by atoms with Crippen molar-refractivity contribution < 1.29 is 4.79 Å². The SMILES string of the molecule is CCN(CC)C(=O)C1CC(CCCC(C)C)CCN1. The minimum atomic E-state index is 0.0673. The van der Waals surface area contributed by atoms with E-state index in [1.54, 1.807) is 0 Å². The van der Waals surface area contributed by atoms with Gasteiger partial charge in [0.2, 0.25) is 5.91 Å². The van der Waals surface area contributed by atoms with E-state index in [-0.39, 0.29) is 6.04 Å². The molecule has 2 atom stereocenters. The summed E-state index contributed by atoms with van der Waals surface area (Å²) in [6, 6.07) is 0.0673. The Morgan fingerprint density at radius 2 is 2.00 bits per heavy atom. The second-order valence-corrected chi connectivity index (χ2v) is 6.23. The van der Waals surface area contributed by atoms with Gasteiger partial charge in [0, 0.05) is 13.1 Å². The van der Waals surface area contributed by atoms with E-state index in [1.165, 1.54) is 25.7 Å². The van der Waals surface area contributed by atoms with Crippen LogP contribution in [0.4, 0.5) is 0 Å². The monoisotopic (exact) mass is 268 g/mol. The summed E-state index contributed by atoms with van der Waals surface area (Å²) in [5, 5.41) is 3.41. The number of hydrogen-bond acceptors (Lipinski definition) is 2. The maximum atomic E-state index is 12.4. The van der Waals surface area contributed by atoms with E-state index in [0.29, 0.717) is 5.91 Å². The predicted octanol–water partition coefficient (Wildman–Crippen LogP) is 3.05. The molecular formula is C16H32N2O. The van der Waals surface area contributed by atoms with Crippen molar-refractivity contribution >= 4 is 5.91 Å². The minimum absolute atomic E-state index is 0.0673. The minimum Gasteiger partial charge on any atom is -0.342 e. The van der Waals surface area contributed by atoms with Gasteiger partial charge in [-0.1, -0.05) is 33.1 Å². The highest BCUT2D eigenvalue weighted by molar-refractivity contribution is 5.82. The number of nitrogens with zero attached hydrogens (tertiary/aromatic N) is 1.